The minimum absolute atomic E-state index is 0.0245. The first-order valence-corrected chi connectivity index (χ1v) is 5.42. The van der Waals surface area contributed by atoms with Gasteiger partial charge in [0, 0.05) is 6.61 Å². The van der Waals surface area contributed by atoms with E-state index in [2.05, 4.69) is 20.8 Å². The van der Waals surface area contributed by atoms with Crippen molar-refractivity contribution < 1.29 is 14.2 Å². The highest BCUT2D eigenvalue weighted by Crippen LogP contribution is 2.12. The number of hydrogen-bond acceptors (Lipinski definition) is 3. The molecule has 0 N–H and O–H groups in total. The van der Waals surface area contributed by atoms with Crippen LogP contribution < -0.4 is 0 Å². The molecule has 0 fully saturated rings. The lowest BCUT2D eigenvalue weighted by atomic mass is 10.1. The zero-order valence-corrected chi connectivity index (χ0v) is 9.97. The molecule has 0 saturated carbocycles. The fourth-order valence-electron chi connectivity index (χ4n) is 0.843. The standard InChI is InChI=1S/C11H24O3/c1-5-11(3,4)14-10-9-13-8-7-12-6-2/h5-10H2,1-4H3. The van der Waals surface area contributed by atoms with Gasteiger partial charge in [0.1, 0.15) is 0 Å². The fraction of sp³-hybridized carbons (Fsp3) is 1.00. The van der Waals surface area contributed by atoms with Crippen molar-refractivity contribution in [3.63, 3.8) is 0 Å². The van der Waals surface area contributed by atoms with E-state index in [1.54, 1.807) is 0 Å². The molecule has 0 radical (unpaired) electrons. The Morgan fingerprint density at radius 3 is 2.00 bits per heavy atom. The van der Waals surface area contributed by atoms with E-state index in [-0.39, 0.29) is 5.60 Å². The molecule has 0 rings (SSSR count). The summed E-state index contributed by atoms with van der Waals surface area (Å²) in [5.41, 5.74) is -0.0245. The largest absolute Gasteiger partial charge is 0.379 e. The van der Waals surface area contributed by atoms with Gasteiger partial charge in [0.2, 0.25) is 0 Å². The van der Waals surface area contributed by atoms with Crippen LogP contribution in [0.15, 0.2) is 0 Å². The Balaban J connectivity index is 3.13. The SMILES string of the molecule is CCOCCOCCOC(C)(C)CC. The van der Waals surface area contributed by atoms with E-state index in [1.165, 1.54) is 0 Å². The summed E-state index contributed by atoms with van der Waals surface area (Å²) in [6.45, 7) is 11.7. The first-order chi connectivity index (χ1) is 6.62. The molecule has 86 valence electrons. The van der Waals surface area contributed by atoms with Crippen molar-refractivity contribution in [2.24, 2.45) is 0 Å². The lowest BCUT2D eigenvalue weighted by molar-refractivity contribution is -0.0531. The zero-order valence-electron chi connectivity index (χ0n) is 9.97. The van der Waals surface area contributed by atoms with Crippen LogP contribution in [0.5, 0.6) is 0 Å². The third kappa shape index (κ3) is 8.48. The Bertz CT molecular complexity index is 124. The summed E-state index contributed by atoms with van der Waals surface area (Å²) in [5.74, 6) is 0. The molecule has 3 nitrogen and oxygen atoms in total. The average Bonchev–Trinajstić information content (AvgIpc) is 2.16. The van der Waals surface area contributed by atoms with E-state index in [0.29, 0.717) is 26.4 Å². The van der Waals surface area contributed by atoms with Gasteiger partial charge in [0.15, 0.2) is 0 Å². The van der Waals surface area contributed by atoms with Crippen LogP contribution >= 0.6 is 0 Å². The molecule has 0 spiro atoms. The van der Waals surface area contributed by atoms with Crippen molar-refractivity contribution >= 4 is 0 Å². The van der Waals surface area contributed by atoms with Crippen molar-refractivity contribution in [2.45, 2.75) is 39.7 Å². The molecule has 0 aromatic carbocycles. The smallest absolute Gasteiger partial charge is 0.0707 e. The molecule has 0 heterocycles. The van der Waals surface area contributed by atoms with Crippen molar-refractivity contribution in [3.8, 4) is 0 Å². The van der Waals surface area contributed by atoms with Gasteiger partial charge in [-0.2, -0.15) is 0 Å². The third-order valence-corrected chi connectivity index (χ3v) is 2.15. The minimum atomic E-state index is -0.0245. The Hall–Kier alpha value is -0.120. The predicted molar refractivity (Wildman–Crippen MR) is 57.6 cm³/mol. The molecular weight excluding hydrogens is 180 g/mol. The Kier molecular flexibility index (Phi) is 8.14. The van der Waals surface area contributed by atoms with Gasteiger partial charge in [0.05, 0.1) is 32.0 Å². The fourth-order valence-corrected chi connectivity index (χ4v) is 0.843. The maximum absolute atomic E-state index is 5.62. The topological polar surface area (TPSA) is 27.7 Å². The molecular formula is C11H24O3. The first kappa shape index (κ1) is 13.9. The second-order valence-electron chi connectivity index (χ2n) is 3.77. The molecule has 0 saturated heterocycles. The summed E-state index contributed by atoms with van der Waals surface area (Å²) in [6, 6.07) is 0. The molecule has 0 amide bonds. The van der Waals surface area contributed by atoms with Crippen LogP contribution in [-0.2, 0) is 14.2 Å². The quantitative estimate of drug-likeness (QED) is 0.539. The highest BCUT2D eigenvalue weighted by molar-refractivity contribution is 4.64. The van der Waals surface area contributed by atoms with E-state index in [9.17, 15) is 0 Å². The van der Waals surface area contributed by atoms with Crippen LogP contribution in [-0.4, -0.2) is 38.6 Å². The maximum atomic E-state index is 5.62. The van der Waals surface area contributed by atoms with Crippen LogP contribution in [0.2, 0.25) is 0 Å². The lowest BCUT2D eigenvalue weighted by Gasteiger charge is -2.23. The van der Waals surface area contributed by atoms with Crippen LogP contribution in [0.25, 0.3) is 0 Å². The van der Waals surface area contributed by atoms with E-state index in [0.717, 1.165) is 13.0 Å². The van der Waals surface area contributed by atoms with Crippen molar-refractivity contribution in [2.75, 3.05) is 33.0 Å². The average molecular weight is 204 g/mol. The summed E-state index contributed by atoms with van der Waals surface area (Å²) in [5, 5.41) is 0. The Morgan fingerprint density at radius 2 is 1.43 bits per heavy atom. The van der Waals surface area contributed by atoms with Gasteiger partial charge in [-0.15, -0.1) is 0 Å². The number of ether oxygens (including phenoxy) is 3. The van der Waals surface area contributed by atoms with Gasteiger partial charge < -0.3 is 14.2 Å². The molecule has 0 aliphatic carbocycles. The third-order valence-electron chi connectivity index (χ3n) is 2.15. The van der Waals surface area contributed by atoms with E-state index < -0.39 is 0 Å². The molecule has 0 aliphatic rings. The predicted octanol–water partition coefficient (Wildman–Crippen LogP) is 2.24. The second-order valence-corrected chi connectivity index (χ2v) is 3.77. The van der Waals surface area contributed by atoms with Gasteiger partial charge in [-0.25, -0.2) is 0 Å². The van der Waals surface area contributed by atoms with E-state index in [4.69, 9.17) is 14.2 Å². The van der Waals surface area contributed by atoms with Gasteiger partial charge in [-0.05, 0) is 27.2 Å². The molecule has 0 unspecified atom stereocenters. The van der Waals surface area contributed by atoms with Crippen LogP contribution in [0.1, 0.15) is 34.1 Å². The van der Waals surface area contributed by atoms with Gasteiger partial charge in [-0.1, -0.05) is 6.92 Å². The molecule has 3 heteroatoms. The first-order valence-electron chi connectivity index (χ1n) is 5.42. The van der Waals surface area contributed by atoms with Gasteiger partial charge >= 0.3 is 0 Å². The Labute approximate surface area is 87.7 Å². The molecule has 0 bridgehead atoms. The molecule has 14 heavy (non-hydrogen) atoms. The molecule has 0 aliphatic heterocycles. The van der Waals surface area contributed by atoms with Crippen molar-refractivity contribution in [1.29, 1.82) is 0 Å². The zero-order chi connectivity index (χ0) is 10.9. The maximum Gasteiger partial charge on any atom is 0.0707 e. The normalized spacial score (nSPS) is 12.0. The van der Waals surface area contributed by atoms with E-state index in [1.807, 2.05) is 6.92 Å². The molecule has 0 aromatic heterocycles. The Morgan fingerprint density at radius 1 is 0.857 bits per heavy atom. The summed E-state index contributed by atoms with van der Waals surface area (Å²) >= 11 is 0. The summed E-state index contributed by atoms with van der Waals surface area (Å²) in [7, 11) is 0. The van der Waals surface area contributed by atoms with Gasteiger partial charge in [-0.3, -0.25) is 0 Å². The van der Waals surface area contributed by atoms with Crippen molar-refractivity contribution in [1.82, 2.24) is 0 Å². The highest BCUT2D eigenvalue weighted by atomic mass is 16.5. The number of hydrogen-bond donors (Lipinski definition) is 0. The molecule has 0 aromatic rings. The summed E-state index contributed by atoms with van der Waals surface area (Å²) in [4.78, 5) is 0. The lowest BCUT2D eigenvalue weighted by Crippen LogP contribution is -2.25. The van der Waals surface area contributed by atoms with Crippen molar-refractivity contribution in [3.05, 3.63) is 0 Å². The van der Waals surface area contributed by atoms with Gasteiger partial charge in [0.25, 0.3) is 0 Å². The van der Waals surface area contributed by atoms with Crippen LogP contribution in [0, 0.1) is 0 Å². The second kappa shape index (κ2) is 8.21. The summed E-state index contributed by atoms with van der Waals surface area (Å²) in [6.07, 6.45) is 1.02. The molecule has 0 atom stereocenters. The monoisotopic (exact) mass is 204 g/mol. The number of rotatable bonds is 9. The highest BCUT2D eigenvalue weighted by Gasteiger charge is 2.14. The van der Waals surface area contributed by atoms with Crippen LogP contribution in [0.4, 0.5) is 0 Å². The summed E-state index contributed by atoms with van der Waals surface area (Å²) < 4.78 is 16.1. The minimum Gasteiger partial charge on any atom is -0.379 e. The van der Waals surface area contributed by atoms with E-state index >= 15 is 0 Å². The van der Waals surface area contributed by atoms with Crippen LogP contribution in [0.3, 0.4) is 0 Å².